The maximum absolute atomic E-state index is 14.1. The number of nitrogen functional groups attached to an aromatic ring is 1. The fraction of sp³-hybridized carbons (Fsp3) is 0.438. The van der Waals surface area contributed by atoms with Gasteiger partial charge in [0.25, 0.3) is 0 Å². The van der Waals surface area contributed by atoms with Crippen LogP contribution in [-0.2, 0) is 12.0 Å². The fourth-order valence-electron chi connectivity index (χ4n) is 2.49. The molecule has 2 aromatic rings. The lowest BCUT2D eigenvalue weighted by molar-refractivity contribution is 0.389. The summed E-state index contributed by atoms with van der Waals surface area (Å²) in [5.74, 6) is 1.12. The summed E-state index contributed by atoms with van der Waals surface area (Å²) in [6.45, 7) is 10.2. The average molecular weight is 275 g/mol. The third kappa shape index (κ3) is 2.42. The molecule has 0 aliphatic carbocycles. The molecule has 0 spiro atoms. The molecular weight excluding hydrogens is 253 g/mol. The van der Waals surface area contributed by atoms with Crippen molar-refractivity contribution in [2.45, 2.75) is 46.6 Å². The van der Waals surface area contributed by atoms with Crippen molar-refractivity contribution in [1.82, 2.24) is 9.55 Å². The smallest absolute Gasteiger partial charge is 0.132 e. The van der Waals surface area contributed by atoms with Gasteiger partial charge in [-0.15, -0.1) is 0 Å². The van der Waals surface area contributed by atoms with E-state index in [0.29, 0.717) is 17.1 Å². The molecule has 4 heteroatoms. The summed E-state index contributed by atoms with van der Waals surface area (Å²) in [5, 5.41) is 0. The van der Waals surface area contributed by atoms with Crippen molar-refractivity contribution in [1.29, 1.82) is 0 Å². The third-order valence-electron chi connectivity index (χ3n) is 3.35. The Morgan fingerprint density at radius 3 is 2.45 bits per heavy atom. The van der Waals surface area contributed by atoms with Gasteiger partial charge in [0.15, 0.2) is 0 Å². The lowest BCUT2D eigenvalue weighted by Crippen LogP contribution is -2.25. The Hall–Kier alpha value is -1.84. The first-order chi connectivity index (χ1) is 9.25. The first-order valence-electron chi connectivity index (χ1n) is 6.89. The van der Waals surface area contributed by atoms with Crippen LogP contribution >= 0.6 is 0 Å². The molecule has 1 aromatic heterocycles. The van der Waals surface area contributed by atoms with Gasteiger partial charge in [-0.05, 0) is 39.8 Å². The van der Waals surface area contributed by atoms with E-state index in [0.717, 1.165) is 17.8 Å². The second kappa shape index (κ2) is 4.93. The van der Waals surface area contributed by atoms with Gasteiger partial charge in [0.1, 0.15) is 23.2 Å². The molecule has 0 unspecified atom stereocenters. The van der Waals surface area contributed by atoms with Crippen molar-refractivity contribution in [2.75, 3.05) is 5.73 Å². The largest absolute Gasteiger partial charge is 0.383 e. The number of benzene rings is 1. The topological polar surface area (TPSA) is 43.8 Å². The van der Waals surface area contributed by atoms with Crippen LogP contribution in [0, 0.1) is 12.7 Å². The van der Waals surface area contributed by atoms with Crippen LogP contribution in [0.3, 0.4) is 0 Å². The van der Waals surface area contributed by atoms with Crippen molar-refractivity contribution in [3.63, 3.8) is 0 Å². The highest BCUT2D eigenvalue weighted by Gasteiger charge is 2.24. The molecule has 0 bridgehead atoms. The Morgan fingerprint density at radius 2 is 1.95 bits per heavy atom. The molecule has 2 rings (SSSR count). The van der Waals surface area contributed by atoms with Gasteiger partial charge >= 0.3 is 0 Å². The zero-order valence-corrected chi connectivity index (χ0v) is 12.8. The van der Waals surface area contributed by atoms with Crippen molar-refractivity contribution < 1.29 is 4.39 Å². The molecule has 0 atom stereocenters. The normalized spacial score (nSPS) is 11.9. The van der Waals surface area contributed by atoms with Gasteiger partial charge in [0.05, 0.1) is 0 Å². The van der Waals surface area contributed by atoms with Gasteiger partial charge in [-0.1, -0.05) is 18.6 Å². The molecule has 3 nitrogen and oxygen atoms in total. The summed E-state index contributed by atoms with van der Waals surface area (Å²) >= 11 is 0. The van der Waals surface area contributed by atoms with Crippen LogP contribution in [0.1, 0.15) is 39.1 Å². The minimum absolute atomic E-state index is 0.180. The molecule has 2 N–H and O–H groups in total. The molecule has 0 aliphatic heterocycles. The van der Waals surface area contributed by atoms with E-state index in [-0.39, 0.29) is 11.4 Å². The maximum Gasteiger partial charge on any atom is 0.132 e. The minimum Gasteiger partial charge on any atom is -0.383 e. The van der Waals surface area contributed by atoms with Gasteiger partial charge in [-0.3, -0.25) is 0 Å². The lowest BCUT2D eigenvalue weighted by atomic mass is 10.1. The van der Waals surface area contributed by atoms with Crippen molar-refractivity contribution >= 4 is 5.82 Å². The molecule has 0 radical (unpaired) electrons. The highest BCUT2D eigenvalue weighted by Crippen LogP contribution is 2.33. The Kier molecular flexibility index (Phi) is 3.59. The molecule has 0 aliphatic rings. The summed E-state index contributed by atoms with van der Waals surface area (Å²) in [7, 11) is 0. The lowest BCUT2D eigenvalue weighted by Gasteiger charge is -2.24. The number of rotatable bonds is 2. The third-order valence-corrected chi connectivity index (χ3v) is 3.35. The van der Waals surface area contributed by atoms with Crippen molar-refractivity contribution in [2.24, 2.45) is 0 Å². The molecule has 108 valence electrons. The van der Waals surface area contributed by atoms with Crippen LogP contribution in [0.4, 0.5) is 10.2 Å². The van der Waals surface area contributed by atoms with Crippen LogP contribution in [0.5, 0.6) is 0 Å². The molecule has 1 aromatic carbocycles. The second-order valence-corrected chi connectivity index (χ2v) is 6.10. The summed E-state index contributed by atoms with van der Waals surface area (Å²) in [5.41, 5.74) is 8.07. The van der Waals surface area contributed by atoms with Gasteiger partial charge < -0.3 is 10.3 Å². The molecule has 0 saturated carbocycles. The zero-order valence-electron chi connectivity index (χ0n) is 12.8. The standard InChI is InChI=1S/C16H22FN3/c1-6-13-19-14(15(18)20(13)16(3,4)5)11-9-10(2)7-8-12(11)17/h7-9H,6,18H2,1-5H3. The summed E-state index contributed by atoms with van der Waals surface area (Å²) in [4.78, 5) is 4.56. The maximum atomic E-state index is 14.1. The number of hydrogen-bond acceptors (Lipinski definition) is 2. The monoisotopic (exact) mass is 275 g/mol. The van der Waals surface area contributed by atoms with Gasteiger partial charge in [-0.2, -0.15) is 0 Å². The Morgan fingerprint density at radius 1 is 1.30 bits per heavy atom. The Labute approximate surface area is 119 Å². The number of halogens is 1. The predicted molar refractivity (Wildman–Crippen MR) is 81.1 cm³/mol. The fourth-order valence-corrected chi connectivity index (χ4v) is 2.49. The van der Waals surface area contributed by atoms with Crippen LogP contribution in [-0.4, -0.2) is 9.55 Å². The first-order valence-corrected chi connectivity index (χ1v) is 6.89. The molecule has 0 saturated heterocycles. The van der Waals surface area contributed by atoms with E-state index in [2.05, 4.69) is 25.8 Å². The molecule has 0 fully saturated rings. The van der Waals surface area contributed by atoms with E-state index in [9.17, 15) is 4.39 Å². The van der Waals surface area contributed by atoms with Crippen LogP contribution in [0.25, 0.3) is 11.3 Å². The highest BCUT2D eigenvalue weighted by atomic mass is 19.1. The van der Waals surface area contributed by atoms with E-state index in [4.69, 9.17) is 5.73 Å². The first kappa shape index (κ1) is 14.6. The van der Waals surface area contributed by atoms with Gasteiger partial charge in [-0.25, -0.2) is 9.37 Å². The second-order valence-electron chi connectivity index (χ2n) is 6.10. The predicted octanol–water partition coefficient (Wildman–Crippen LogP) is 3.90. The quantitative estimate of drug-likeness (QED) is 0.903. The number of hydrogen-bond donors (Lipinski definition) is 1. The Balaban J connectivity index is 2.71. The zero-order chi connectivity index (χ0) is 15.1. The van der Waals surface area contributed by atoms with Crippen molar-refractivity contribution in [3.05, 3.63) is 35.4 Å². The Bertz CT molecular complexity index is 636. The number of aryl methyl sites for hydroxylation is 2. The summed E-state index contributed by atoms with van der Waals surface area (Å²) in [6, 6.07) is 5.00. The number of imidazole rings is 1. The van der Waals surface area contributed by atoms with Gasteiger partial charge in [0, 0.05) is 17.5 Å². The number of nitrogens with two attached hydrogens (primary N) is 1. The van der Waals surface area contributed by atoms with E-state index in [1.54, 1.807) is 12.1 Å². The molecule has 1 heterocycles. The SMILES string of the molecule is CCc1nc(-c2cc(C)ccc2F)c(N)n1C(C)(C)C. The highest BCUT2D eigenvalue weighted by molar-refractivity contribution is 5.72. The van der Waals surface area contributed by atoms with Gasteiger partial charge in [0.2, 0.25) is 0 Å². The number of anilines is 1. The number of aromatic nitrogens is 2. The van der Waals surface area contributed by atoms with Crippen LogP contribution < -0.4 is 5.73 Å². The van der Waals surface area contributed by atoms with E-state index in [1.165, 1.54) is 6.07 Å². The average Bonchev–Trinajstić information content (AvgIpc) is 2.69. The molecular formula is C16H22FN3. The van der Waals surface area contributed by atoms with Crippen LogP contribution in [0.2, 0.25) is 0 Å². The van der Waals surface area contributed by atoms with E-state index < -0.39 is 0 Å². The van der Waals surface area contributed by atoms with E-state index in [1.807, 2.05) is 18.4 Å². The number of nitrogens with zero attached hydrogens (tertiary/aromatic N) is 2. The summed E-state index contributed by atoms with van der Waals surface area (Å²) in [6.07, 6.45) is 0.759. The minimum atomic E-state index is -0.288. The van der Waals surface area contributed by atoms with Crippen LogP contribution in [0.15, 0.2) is 18.2 Å². The molecule has 0 amide bonds. The van der Waals surface area contributed by atoms with E-state index >= 15 is 0 Å². The molecule has 20 heavy (non-hydrogen) atoms. The van der Waals surface area contributed by atoms with Crippen molar-refractivity contribution in [3.8, 4) is 11.3 Å². The summed E-state index contributed by atoms with van der Waals surface area (Å²) < 4.78 is 16.1.